The molecule has 1 aromatic heterocycles. The Morgan fingerprint density at radius 1 is 1.41 bits per heavy atom. The maximum Gasteiger partial charge on any atom is 0.336 e. The van der Waals surface area contributed by atoms with Gasteiger partial charge >= 0.3 is 5.97 Å². The second-order valence-corrected chi connectivity index (χ2v) is 5.81. The van der Waals surface area contributed by atoms with Crippen molar-refractivity contribution in [3.8, 4) is 0 Å². The van der Waals surface area contributed by atoms with Gasteiger partial charge in [0.2, 0.25) is 10.0 Å². The zero-order valence-electron chi connectivity index (χ0n) is 8.71. The predicted octanol–water partition coefficient (Wildman–Crippen LogP) is 1.80. The number of carbonyl (C=O) groups is 1. The number of hydrogen-bond donors (Lipinski definition) is 1. The van der Waals surface area contributed by atoms with E-state index in [0.29, 0.717) is 0 Å². The number of rotatable bonds is 2. The summed E-state index contributed by atoms with van der Waals surface area (Å²) >= 11 is 5.88. The molecule has 17 heavy (non-hydrogen) atoms. The van der Waals surface area contributed by atoms with Crippen molar-refractivity contribution in [2.75, 3.05) is 6.26 Å². The second-order valence-electron chi connectivity index (χ2n) is 3.54. The van der Waals surface area contributed by atoms with Gasteiger partial charge in [-0.3, -0.25) is 0 Å². The number of halogens is 1. The minimum Gasteiger partial charge on any atom is -0.478 e. The SMILES string of the molecule is CS(=O)(=O)n1cc(Cl)c2c(C(=O)O)cccc21. The van der Waals surface area contributed by atoms with Crippen LogP contribution in [0.15, 0.2) is 24.4 Å². The first-order chi connectivity index (χ1) is 7.82. The third kappa shape index (κ3) is 1.89. The van der Waals surface area contributed by atoms with Crippen molar-refractivity contribution in [2.45, 2.75) is 0 Å². The third-order valence-corrected chi connectivity index (χ3v) is 3.64. The van der Waals surface area contributed by atoms with Crippen LogP contribution >= 0.6 is 11.6 Å². The zero-order chi connectivity index (χ0) is 12.8. The molecule has 0 spiro atoms. The number of carboxylic acid groups (broad SMARTS) is 1. The number of benzene rings is 1. The van der Waals surface area contributed by atoms with Gasteiger partial charge in [-0.05, 0) is 12.1 Å². The molecule has 2 rings (SSSR count). The number of aromatic nitrogens is 1. The van der Waals surface area contributed by atoms with Crippen LogP contribution in [0.2, 0.25) is 5.02 Å². The van der Waals surface area contributed by atoms with E-state index in [1.54, 1.807) is 0 Å². The molecule has 0 amide bonds. The average molecular weight is 274 g/mol. The van der Waals surface area contributed by atoms with Crippen LogP contribution in [0, 0.1) is 0 Å². The summed E-state index contributed by atoms with van der Waals surface area (Å²) in [5, 5.41) is 9.33. The van der Waals surface area contributed by atoms with Crippen molar-refractivity contribution in [1.82, 2.24) is 3.97 Å². The lowest BCUT2D eigenvalue weighted by molar-refractivity contribution is 0.0699. The summed E-state index contributed by atoms with van der Waals surface area (Å²) in [6.45, 7) is 0. The molecule has 0 aliphatic heterocycles. The monoisotopic (exact) mass is 273 g/mol. The van der Waals surface area contributed by atoms with Crippen LogP contribution in [0.3, 0.4) is 0 Å². The van der Waals surface area contributed by atoms with E-state index in [2.05, 4.69) is 0 Å². The molecule has 1 aromatic carbocycles. The maximum absolute atomic E-state index is 11.5. The van der Waals surface area contributed by atoms with E-state index >= 15 is 0 Å². The van der Waals surface area contributed by atoms with Crippen LogP contribution < -0.4 is 0 Å². The summed E-state index contributed by atoms with van der Waals surface area (Å²) in [6.07, 6.45) is 2.23. The molecule has 0 aliphatic carbocycles. The van der Waals surface area contributed by atoms with E-state index in [-0.39, 0.29) is 21.5 Å². The Balaban J connectivity index is 2.97. The molecule has 5 nitrogen and oxygen atoms in total. The summed E-state index contributed by atoms with van der Waals surface area (Å²) in [5.74, 6) is -1.15. The molecule has 0 unspecified atom stereocenters. The molecule has 1 heterocycles. The molecule has 0 radical (unpaired) electrons. The Kier molecular flexibility index (Phi) is 2.63. The first kappa shape index (κ1) is 11.9. The summed E-state index contributed by atoms with van der Waals surface area (Å²) in [4.78, 5) is 11.0. The first-order valence-electron chi connectivity index (χ1n) is 4.56. The number of aromatic carboxylic acids is 1. The van der Waals surface area contributed by atoms with Crippen LogP contribution in [0.4, 0.5) is 0 Å². The predicted molar refractivity (Wildman–Crippen MR) is 64.1 cm³/mol. The van der Waals surface area contributed by atoms with Gasteiger partial charge < -0.3 is 5.11 Å². The van der Waals surface area contributed by atoms with Crippen molar-refractivity contribution >= 4 is 38.5 Å². The van der Waals surface area contributed by atoms with E-state index in [1.807, 2.05) is 0 Å². The molecule has 0 aliphatic rings. The highest BCUT2D eigenvalue weighted by Gasteiger charge is 2.18. The van der Waals surface area contributed by atoms with Gasteiger partial charge in [0.1, 0.15) is 0 Å². The standard InChI is InChI=1S/C10H8ClNO4S/c1-17(15,16)12-5-7(11)9-6(10(13)14)3-2-4-8(9)12/h2-5H,1H3,(H,13,14). The third-order valence-electron chi connectivity index (χ3n) is 2.34. The van der Waals surface area contributed by atoms with Gasteiger partial charge in [-0.2, -0.15) is 0 Å². The van der Waals surface area contributed by atoms with Crippen LogP contribution in [-0.4, -0.2) is 29.7 Å². The molecule has 0 saturated heterocycles. The van der Waals surface area contributed by atoms with Crippen LogP contribution in [0.25, 0.3) is 10.9 Å². The fraction of sp³-hybridized carbons (Fsp3) is 0.100. The van der Waals surface area contributed by atoms with Crippen LogP contribution in [0.5, 0.6) is 0 Å². The molecular weight excluding hydrogens is 266 g/mol. The number of fused-ring (bicyclic) bond motifs is 1. The van der Waals surface area contributed by atoms with Gasteiger partial charge in [-0.15, -0.1) is 0 Å². The van der Waals surface area contributed by atoms with Gasteiger partial charge in [0, 0.05) is 11.6 Å². The maximum atomic E-state index is 11.5. The van der Waals surface area contributed by atoms with Gasteiger partial charge in [-0.1, -0.05) is 17.7 Å². The lowest BCUT2D eigenvalue weighted by Crippen LogP contribution is -2.08. The van der Waals surface area contributed by atoms with Gasteiger partial charge in [0.25, 0.3) is 0 Å². The minimum atomic E-state index is -3.51. The fourth-order valence-corrected chi connectivity index (χ4v) is 2.82. The van der Waals surface area contributed by atoms with E-state index in [4.69, 9.17) is 16.7 Å². The Morgan fingerprint density at radius 3 is 2.59 bits per heavy atom. The highest BCUT2D eigenvalue weighted by molar-refractivity contribution is 7.89. The van der Waals surface area contributed by atoms with Crippen molar-refractivity contribution in [3.05, 3.63) is 35.0 Å². The van der Waals surface area contributed by atoms with Crippen molar-refractivity contribution in [2.24, 2.45) is 0 Å². The summed E-state index contributed by atoms with van der Waals surface area (Å²) < 4.78 is 24.0. The van der Waals surface area contributed by atoms with Gasteiger partial charge in [0.15, 0.2) is 0 Å². The average Bonchev–Trinajstić information content (AvgIpc) is 2.56. The quantitative estimate of drug-likeness (QED) is 0.905. The lowest BCUT2D eigenvalue weighted by atomic mass is 10.1. The highest BCUT2D eigenvalue weighted by atomic mass is 35.5. The van der Waals surface area contributed by atoms with E-state index in [0.717, 1.165) is 10.2 Å². The molecule has 0 saturated carbocycles. The van der Waals surface area contributed by atoms with Crippen molar-refractivity contribution < 1.29 is 18.3 Å². The summed E-state index contributed by atoms with van der Waals surface area (Å²) in [7, 11) is -3.51. The van der Waals surface area contributed by atoms with Crippen LogP contribution in [0.1, 0.15) is 10.4 Å². The van der Waals surface area contributed by atoms with E-state index in [9.17, 15) is 13.2 Å². The Morgan fingerprint density at radius 2 is 2.06 bits per heavy atom. The van der Waals surface area contributed by atoms with Gasteiger partial charge in [-0.25, -0.2) is 17.2 Å². The van der Waals surface area contributed by atoms with Gasteiger partial charge in [0.05, 0.1) is 22.4 Å². The summed E-state index contributed by atoms with van der Waals surface area (Å²) in [5.41, 5.74) is 0.243. The number of carboxylic acids is 1. The molecule has 7 heteroatoms. The molecular formula is C10H8ClNO4S. The number of nitrogens with zero attached hydrogens (tertiary/aromatic N) is 1. The smallest absolute Gasteiger partial charge is 0.336 e. The highest BCUT2D eigenvalue weighted by Crippen LogP contribution is 2.29. The van der Waals surface area contributed by atoms with Crippen molar-refractivity contribution in [3.63, 3.8) is 0 Å². The molecule has 90 valence electrons. The Hall–Kier alpha value is -1.53. The zero-order valence-corrected chi connectivity index (χ0v) is 10.3. The fourth-order valence-electron chi connectivity index (χ4n) is 1.66. The molecule has 1 N–H and O–H groups in total. The Bertz CT molecular complexity index is 717. The summed E-state index contributed by atoms with van der Waals surface area (Å²) in [6, 6.07) is 4.36. The van der Waals surface area contributed by atoms with Crippen LogP contribution in [-0.2, 0) is 10.0 Å². The number of hydrogen-bond acceptors (Lipinski definition) is 3. The first-order valence-corrected chi connectivity index (χ1v) is 6.78. The normalized spacial score (nSPS) is 11.9. The van der Waals surface area contributed by atoms with E-state index < -0.39 is 16.0 Å². The molecule has 0 fully saturated rings. The largest absolute Gasteiger partial charge is 0.478 e. The lowest BCUT2D eigenvalue weighted by Gasteiger charge is -2.02. The molecule has 0 atom stereocenters. The molecule has 2 aromatic rings. The molecule has 0 bridgehead atoms. The topological polar surface area (TPSA) is 76.4 Å². The second kappa shape index (κ2) is 3.75. The minimum absolute atomic E-state index is 0.0186. The van der Waals surface area contributed by atoms with Crippen molar-refractivity contribution in [1.29, 1.82) is 0 Å². The Labute approximate surface area is 102 Å². The van der Waals surface area contributed by atoms with E-state index in [1.165, 1.54) is 24.4 Å².